The number of nitrogens with one attached hydrogen (secondary N) is 1. The lowest BCUT2D eigenvalue weighted by atomic mass is 9.99. The van der Waals surface area contributed by atoms with Gasteiger partial charge in [-0.3, -0.25) is 9.59 Å². The molecule has 0 aliphatic heterocycles. The molecule has 0 fully saturated rings. The van der Waals surface area contributed by atoms with E-state index in [4.69, 9.17) is 0 Å². The van der Waals surface area contributed by atoms with Gasteiger partial charge in [0.1, 0.15) is 0 Å². The van der Waals surface area contributed by atoms with Crippen molar-refractivity contribution in [3.05, 3.63) is 70.3 Å². The second kappa shape index (κ2) is 8.61. The first-order valence-corrected chi connectivity index (χ1v) is 8.89. The molecule has 0 saturated heterocycles. The molecule has 1 atom stereocenters. The van der Waals surface area contributed by atoms with Gasteiger partial charge in [0, 0.05) is 18.4 Å². The molecule has 0 heterocycles. The van der Waals surface area contributed by atoms with Crippen LogP contribution in [0.25, 0.3) is 0 Å². The summed E-state index contributed by atoms with van der Waals surface area (Å²) in [7, 11) is 0. The third-order valence-corrected chi connectivity index (χ3v) is 4.54. The Balaban J connectivity index is 1.89. The highest BCUT2D eigenvalue weighted by molar-refractivity contribution is 5.98. The normalized spacial score (nSPS) is 11.8. The van der Waals surface area contributed by atoms with E-state index in [2.05, 4.69) is 30.4 Å². The molecule has 0 spiro atoms. The number of Topliss-reactive ketones (excluding diaryl/α,β-unsaturated/α-hetero) is 1. The van der Waals surface area contributed by atoms with Crippen LogP contribution in [0.1, 0.15) is 65.3 Å². The number of hydrogen-bond acceptors (Lipinski definition) is 2. The van der Waals surface area contributed by atoms with Gasteiger partial charge in [0.05, 0.1) is 6.04 Å². The topological polar surface area (TPSA) is 46.2 Å². The van der Waals surface area contributed by atoms with Crippen LogP contribution in [-0.4, -0.2) is 11.7 Å². The number of amides is 1. The highest BCUT2D eigenvalue weighted by atomic mass is 16.2. The maximum absolute atomic E-state index is 12.2. The van der Waals surface area contributed by atoms with Crippen molar-refractivity contribution in [3.63, 3.8) is 0 Å². The maximum atomic E-state index is 12.2. The Morgan fingerprint density at radius 3 is 2.32 bits per heavy atom. The molecule has 2 aromatic rings. The monoisotopic (exact) mass is 337 g/mol. The molecule has 3 heteroatoms. The zero-order valence-corrected chi connectivity index (χ0v) is 15.6. The molecule has 0 saturated carbocycles. The van der Waals surface area contributed by atoms with E-state index >= 15 is 0 Å². The minimum Gasteiger partial charge on any atom is -0.350 e. The number of carbonyl (C=O) groups excluding carboxylic acids is 2. The van der Waals surface area contributed by atoms with E-state index in [1.54, 1.807) is 0 Å². The van der Waals surface area contributed by atoms with Gasteiger partial charge in [0.15, 0.2) is 5.78 Å². The molecule has 0 aliphatic carbocycles. The molecule has 0 radical (unpaired) electrons. The summed E-state index contributed by atoms with van der Waals surface area (Å²) in [6.07, 6.45) is 1.40. The fourth-order valence-corrected chi connectivity index (χ4v) is 2.92. The zero-order valence-electron chi connectivity index (χ0n) is 15.6. The Morgan fingerprint density at radius 1 is 1.00 bits per heavy atom. The van der Waals surface area contributed by atoms with Gasteiger partial charge in [-0.15, -0.1) is 0 Å². The first-order chi connectivity index (χ1) is 11.9. The smallest absolute Gasteiger partial charge is 0.220 e. The summed E-state index contributed by atoms with van der Waals surface area (Å²) in [5.41, 5.74) is 5.33. The number of benzene rings is 2. The van der Waals surface area contributed by atoms with Crippen LogP contribution in [0, 0.1) is 13.8 Å². The number of hydrogen-bond donors (Lipinski definition) is 1. The van der Waals surface area contributed by atoms with Crippen molar-refractivity contribution in [1.29, 1.82) is 0 Å². The predicted octanol–water partition coefficient (Wildman–Crippen LogP) is 4.71. The second-order valence-corrected chi connectivity index (χ2v) is 6.62. The molecule has 0 aliphatic rings. The van der Waals surface area contributed by atoms with Crippen LogP contribution < -0.4 is 5.32 Å². The van der Waals surface area contributed by atoms with Crippen LogP contribution in [0.2, 0.25) is 0 Å². The quantitative estimate of drug-likeness (QED) is 0.744. The second-order valence-electron chi connectivity index (χ2n) is 6.62. The molecule has 0 aromatic heterocycles. The Kier molecular flexibility index (Phi) is 6.51. The van der Waals surface area contributed by atoms with E-state index in [0.717, 1.165) is 17.5 Å². The molecular weight excluding hydrogens is 310 g/mol. The Labute approximate surface area is 150 Å². The number of ketones is 1. The third-order valence-electron chi connectivity index (χ3n) is 4.54. The van der Waals surface area contributed by atoms with Gasteiger partial charge < -0.3 is 5.32 Å². The van der Waals surface area contributed by atoms with Gasteiger partial charge in [-0.1, -0.05) is 55.0 Å². The summed E-state index contributed by atoms with van der Waals surface area (Å²) >= 11 is 0. The van der Waals surface area contributed by atoms with Crippen LogP contribution in [-0.2, 0) is 11.2 Å². The Hall–Kier alpha value is -2.42. The standard InChI is InChI=1S/C22H27NO2/c1-5-18-8-10-19(11-9-18)21(24)12-13-22(25)23-17(4)20-14-15(2)6-7-16(20)3/h6-11,14,17H,5,12-13H2,1-4H3,(H,23,25). The number of aryl methyl sites for hydroxylation is 3. The van der Waals surface area contributed by atoms with E-state index in [1.807, 2.05) is 45.0 Å². The van der Waals surface area contributed by atoms with E-state index in [9.17, 15) is 9.59 Å². The summed E-state index contributed by atoms with van der Waals surface area (Å²) in [6.45, 7) is 8.14. The van der Waals surface area contributed by atoms with Crippen molar-refractivity contribution in [1.82, 2.24) is 5.32 Å². The van der Waals surface area contributed by atoms with Gasteiger partial charge >= 0.3 is 0 Å². The summed E-state index contributed by atoms with van der Waals surface area (Å²) < 4.78 is 0. The first-order valence-electron chi connectivity index (χ1n) is 8.89. The van der Waals surface area contributed by atoms with E-state index in [-0.39, 0.29) is 30.6 Å². The predicted molar refractivity (Wildman–Crippen MR) is 102 cm³/mol. The molecule has 0 bridgehead atoms. The molecule has 25 heavy (non-hydrogen) atoms. The van der Waals surface area contributed by atoms with Gasteiger partial charge in [-0.25, -0.2) is 0 Å². The van der Waals surface area contributed by atoms with Crippen LogP contribution >= 0.6 is 0 Å². The summed E-state index contributed by atoms with van der Waals surface area (Å²) in [5.74, 6) is -0.0795. The maximum Gasteiger partial charge on any atom is 0.220 e. The van der Waals surface area contributed by atoms with Crippen LogP contribution in [0.3, 0.4) is 0 Å². The van der Waals surface area contributed by atoms with Crippen LogP contribution in [0.15, 0.2) is 42.5 Å². The summed E-state index contributed by atoms with van der Waals surface area (Å²) in [4.78, 5) is 24.4. The fraction of sp³-hybridized carbons (Fsp3) is 0.364. The SMILES string of the molecule is CCc1ccc(C(=O)CCC(=O)NC(C)c2cc(C)ccc2C)cc1. The van der Waals surface area contributed by atoms with Crippen molar-refractivity contribution in [2.24, 2.45) is 0 Å². The molecular formula is C22H27NO2. The largest absolute Gasteiger partial charge is 0.350 e. The van der Waals surface area contributed by atoms with Crippen molar-refractivity contribution >= 4 is 11.7 Å². The summed E-state index contributed by atoms with van der Waals surface area (Å²) in [6, 6.07) is 13.8. The lowest BCUT2D eigenvalue weighted by Gasteiger charge is -2.17. The van der Waals surface area contributed by atoms with Crippen molar-refractivity contribution in [3.8, 4) is 0 Å². The summed E-state index contributed by atoms with van der Waals surface area (Å²) in [5, 5.41) is 3.00. The van der Waals surface area contributed by atoms with Gasteiger partial charge in [-0.2, -0.15) is 0 Å². The average molecular weight is 337 g/mol. The third kappa shape index (κ3) is 5.28. The van der Waals surface area contributed by atoms with Crippen molar-refractivity contribution in [2.45, 2.75) is 53.0 Å². The van der Waals surface area contributed by atoms with E-state index < -0.39 is 0 Å². The van der Waals surface area contributed by atoms with Gasteiger partial charge in [-0.05, 0) is 43.9 Å². The Bertz CT molecular complexity index is 747. The lowest BCUT2D eigenvalue weighted by Crippen LogP contribution is -2.27. The Morgan fingerprint density at radius 2 is 1.68 bits per heavy atom. The molecule has 132 valence electrons. The van der Waals surface area contributed by atoms with E-state index in [0.29, 0.717) is 5.56 Å². The van der Waals surface area contributed by atoms with Crippen molar-refractivity contribution in [2.75, 3.05) is 0 Å². The van der Waals surface area contributed by atoms with Crippen LogP contribution in [0.4, 0.5) is 0 Å². The molecule has 1 N–H and O–H groups in total. The zero-order chi connectivity index (χ0) is 18.4. The van der Waals surface area contributed by atoms with Crippen molar-refractivity contribution < 1.29 is 9.59 Å². The van der Waals surface area contributed by atoms with Gasteiger partial charge in [0.2, 0.25) is 5.91 Å². The van der Waals surface area contributed by atoms with E-state index in [1.165, 1.54) is 11.1 Å². The molecule has 1 unspecified atom stereocenters. The van der Waals surface area contributed by atoms with Gasteiger partial charge in [0.25, 0.3) is 0 Å². The first kappa shape index (κ1) is 18.9. The highest BCUT2D eigenvalue weighted by Gasteiger charge is 2.14. The molecule has 2 rings (SSSR count). The fourth-order valence-electron chi connectivity index (χ4n) is 2.92. The molecule has 1 amide bonds. The average Bonchev–Trinajstić information content (AvgIpc) is 2.61. The lowest BCUT2D eigenvalue weighted by molar-refractivity contribution is -0.121. The molecule has 2 aromatic carbocycles. The number of carbonyl (C=O) groups is 2. The van der Waals surface area contributed by atoms with Crippen LogP contribution in [0.5, 0.6) is 0 Å². The molecule has 3 nitrogen and oxygen atoms in total. The highest BCUT2D eigenvalue weighted by Crippen LogP contribution is 2.19. The minimum absolute atomic E-state index is 0.0113. The number of rotatable bonds is 7. The minimum atomic E-state index is -0.0908.